The lowest BCUT2D eigenvalue weighted by Gasteiger charge is -2.11. The maximum atomic E-state index is 11.4. The predicted octanol–water partition coefficient (Wildman–Crippen LogP) is -0.0774. The summed E-state index contributed by atoms with van der Waals surface area (Å²) in [6.07, 6.45) is 3.45. The SMILES string of the molecule is CC1CCC(CNC(=O)NCC(=O)NCC(=O)O)C1. The first-order valence-corrected chi connectivity index (χ1v) is 6.47. The van der Waals surface area contributed by atoms with Crippen LogP contribution < -0.4 is 16.0 Å². The number of nitrogens with one attached hydrogen (secondary N) is 3. The maximum Gasteiger partial charge on any atom is 0.322 e. The fourth-order valence-corrected chi connectivity index (χ4v) is 2.21. The second kappa shape index (κ2) is 7.60. The van der Waals surface area contributed by atoms with Crippen LogP contribution in [0.1, 0.15) is 26.2 Å². The van der Waals surface area contributed by atoms with Crippen LogP contribution >= 0.6 is 0 Å². The first-order chi connectivity index (χ1) is 8.97. The number of carbonyl (C=O) groups excluding carboxylic acids is 2. The molecular weight excluding hydrogens is 250 g/mol. The number of urea groups is 1. The molecule has 0 saturated heterocycles. The molecule has 0 heterocycles. The number of hydrogen-bond acceptors (Lipinski definition) is 3. The van der Waals surface area contributed by atoms with E-state index in [0.29, 0.717) is 12.5 Å². The van der Waals surface area contributed by atoms with Crippen molar-refractivity contribution in [2.45, 2.75) is 26.2 Å². The zero-order valence-electron chi connectivity index (χ0n) is 11.1. The van der Waals surface area contributed by atoms with Crippen LogP contribution in [0.15, 0.2) is 0 Å². The quantitative estimate of drug-likeness (QED) is 0.542. The third-order valence-electron chi connectivity index (χ3n) is 3.20. The van der Waals surface area contributed by atoms with E-state index in [1.54, 1.807) is 0 Å². The molecule has 7 heteroatoms. The summed E-state index contributed by atoms with van der Waals surface area (Å²) in [5.74, 6) is -0.404. The van der Waals surface area contributed by atoms with Gasteiger partial charge in [0.25, 0.3) is 0 Å². The zero-order chi connectivity index (χ0) is 14.3. The summed E-state index contributed by atoms with van der Waals surface area (Å²) in [6, 6.07) is -0.398. The summed E-state index contributed by atoms with van der Waals surface area (Å²) in [7, 11) is 0. The third kappa shape index (κ3) is 6.64. The molecule has 0 aromatic rings. The maximum absolute atomic E-state index is 11.4. The summed E-state index contributed by atoms with van der Waals surface area (Å²) in [5.41, 5.74) is 0. The van der Waals surface area contributed by atoms with Gasteiger partial charge in [0, 0.05) is 6.54 Å². The largest absolute Gasteiger partial charge is 0.480 e. The summed E-state index contributed by atoms with van der Waals surface area (Å²) >= 11 is 0. The first-order valence-electron chi connectivity index (χ1n) is 6.47. The molecule has 0 aliphatic heterocycles. The smallest absolute Gasteiger partial charge is 0.322 e. The van der Waals surface area contributed by atoms with E-state index in [0.717, 1.165) is 18.8 Å². The number of rotatable bonds is 6. The minimum Gasteiger partial charge on any atom is -0.480 e. The van der Waals surface area contributed by atoms with Gasteiger partial charge in [-0.2, -0.15) is 0 Å². The average Bonchev–Trinajstić information content (AvgIpc) is 2.77. The van der Waals surface area contributed by atoms with Crippen molar-refractivity contribution in [3.05, 3.63) is 0 Å². The molecule has 7 nitrogen and oxygen atoms in total. The standard InChI is InChI=1S/C12H21N3O4/c1-8-2-3-9(4-8)5-14-12(19)15-6-10(16)13-7-11(17)18/h8-9H,2-7H2,1H3,(H,13,16)(H,17,18)(H2,14,15,19). The van der Waals surface area contributed by atoms with E-state index in [4.69, 9.17) is 5.11 Å². The molecule has 3 amide bonds. The number of carbonyl (C=O) groups is 3. The summed E-state index contributed by atoms with van der Waals surface area (Å²) in [5, 5.41) is 15.6. The van der Waals surface area contributed by atoms with Crippen LogP contribution in [0.3, 0.4) is 0 Å². The lowest BCUT2D eigenvalue weighted by Crippen LogP contribution is -2.44. The molecule has 1 fully saturated rings. The second-order valence-corrected chi connectivity index (χ2v) is 5.02. The van der Waals surface area contributed by atoms with E-state index in [9.17, 15) is 14.4 Å². The number of aliphatic carboxylic acids is 1. The van der Waals surface area contributed by atoms with Crippen molar-refractivity contribution in [3.63, 3.8) is 0 Å². The highest BCUT2D eigenvalue weighted by Gasteiger charge is 2.21. The molecule has 0 radical (unpaired) electrons. The van der Waals surface area contributed by atoms with Gasteiger partial charge in [0.05, 0.1) is 6.54 Å². The van der Waals surface area contributed by atoms with E-state index in [-0.39, 0.29) is 6.54 Å². The minimum atomic E-state index is -1.12. The van der Waals surface area contributed by atoms with Crippen LogP contribution in [0.2, 0.25) is 0 Å². The lowest BCUT2D eigenvalue weighted by atomic mass is 10.1. The summed E-state index contributed by atoms with van der Waals surface area (Å²) < 4.78 is 0. The van der Waals surface area contributed by atoms with Gasteiger partial charge in [-0.05, 0) is 24.7 Å². The van der Waals surface area contributed by atoms with E-state index in [1.807, 2.05) is 0 Å². The van der Waals surface area contributed by atoms with Gasteiger partial charge in [-0.1, -0.05) is 13.3 Å². The highest BCUT2D eigenvalue weighted by Crippen LogP contribution is 2.29. The van der Waals surface area contributed by atoms with Crippen LogP contribution in [-0.2, 0) is 9.59 Å². The van der Waals surface area contributed by atoms with Gasteiger partial charge in [0.2, 0.25) is 5.91 Å². The van der Waals surface area contributed by atoms with Gasteiger partial charge in [-0.25, -0.2) is 4.79 Å². The van der Waals surface area contributed by atoms with Crippen LogP contribution in [0.5, 0.6) is 0 Å². The summed E-state index contributed by atoms with van der Waals surface area (Å²) in [6.45, 7) is 2.15. The molecule has 1 rings (SSSR count). The Morgan fingerprint density at radius 2 is 1.84 bits per heavy atom. The Labute approximate surface area is 112 Å². The summed E-state index contributed by atoms with van der Waals surface area (Å²) in [4.78, 5) is 32.7. The predicted molar refractivity (Wildman–Crippen MR) is 68.6 cm³/mol. The highest BCUT2D eigenvalue weighted by molar-refractivity contribution is 5.86. The topological polar surface area (TPSA) is 108 Å². The molecule has 4 N–H and O–H groups in total. The number of carboxylic acid groups (broad SMARTS) is 1. The molecule has 1 aliphatic carbocycles. The second-order valence-electron chi connectivity index (χ2n) is 5.02. The molecule has 2 atom stereocenters. The van der Waals surface area contributed by atoms with Crippen LogP contribution in [0.4, 0.5) is 4.79 Å². The molecule has 19 heavy (non-hydrogen) atoms. The molecule has 108 valence electrons. The lowest BCUT2D eigenvalue weighted by molar-refractivity contribution is -0.137. The van der Waals surface area contributed by atoms with Gasteiger partial charge < -0.3 is 21.1 Å². The monoisotopic (exact) mass is 271 g/mol. The number of amides is 3. The molecule has 0 aromatic heterocycles. The number of carboxylic acids is 1. The number of hydrogen-bond donors (Lipinski definition) is 4. The average molecular weight is 271 g/mol. The molecule has 2 unspecified atom stereocenters. The fraction of sp³-hybridized carbons (Fsp3) is 0.750. The van der Waals surface area contributed by atoms with E-state index in [1.165, 1.54) is 6.42 Å². The van der Waals surface area contributed by atoms with Crippen LogP contribution in [0, 0.1) is 11.8 Å². The first kappa shape index (κ1) is 15.3. The molecule has 1 saturated carbocycles. The van der Waals surface area contributed by atoms with Crippen molar-refractivity contribution < 1.29 is 19.5 Å². The molecule has 0 bridgehead atoms. The molecular formula is C12H21N3O4. The molecule has 0 aromatic carbocycles. The van der Waals surface area contributed by atoms with Crippen LogP contribution in [-0.4, -0.2) is 42.6 Å². The van der Waals surface area contributed by atoms with Crippen molar-refractivity contribution in [3.8, 4) is 0 Å². The van der Waals surface area contributed by atoms with Gasteiger partial charge in [0.1, 0.15) is 6.54 Å². The van der Waals surface area contributed by atoms with Gasteiger partial charge >= 0.3 is 12.0 Å². The van der Waals surface area contributed by atoms with Gasteiger partial charge in [-0.15, -0.1) is 0 Å². The van der Waals surface area contributed by atoms with Gasteiger partial charge in [0.15, 0.2) is 0 Å². The third-order valence-corrected chi connectivity index (χ3v) is 3.20. The Morgan fingerprint density at radius 3 is 2.42 bits per heavy atom. The van der Waals surface area contributed by atoms with Crippen molar-refractivity contribution in [1.29, 1.82) is 0 Å². The van der Waals surface area contributed by atoms with E-state index in [2.05, 4.69) is 22.9 Å². The Bertz CT molecular complexity index is 346. The fourth-order valence-electron chi connectivity index (χ4n) is 2.21. The Balaban J connectivity index is 2.07. The van der Waals surface area contributed by atoms with Crippen molar-refractivity contribution in [1.82, 2.24) is 16.0 Å². The molecule has 1 aliphatic rings. The van der Waals surface area contributed by atoms with Gasteiger partial charge in [-0.3, -0.25) is 9.59 Å². The van der Waals surface area contributed by atoms with Crippen molar-refractivity contribution in [2.24, 2.45) is 11.8 Å². The minimum absolute atomic E-state index is 0.222. The molecule has 0 spiro atoms. The Morgan fingerprint density at radius 1 is 1.11 bits per heavy atom. The Kier molecular flexibility index (Phi) is 6.11. The highest BCUT2D eigenvalue weighted by atomic mass is 16.4. The van der Waals surface area contributed by atoms with Crippen molar-refractivity contribution >= 4 is 17.9 Å². The van der Waals surface area contributed by atoms with E-state index >= 15 is 0 Å². The van der Waals surface area contributed by atoms with Crippen molar-refractivity contribution in [2.75, 3.05) is 19.6 Å². The van der Waals surface area contributed by atoms with E-state index < -0.39 is 24.5 Å². The Hall–Kier alpha value is -1.79. The van der Waals surface area contributed by atoms with Crippen LogP contribution in [0.25, 0.3) is 0 Å². The zero-order valence-corrected chi connectivity index (χ0v) is 11.1. The normalized spacial score (nSPS) is 21.7.